The molecule has 4 heteroatoms. The molecule has 124 valence electrons. The highest BCUT2D eigenvalue weighted by Crippen LogP contribution is 2.37. The van der Waals surface area contributed by atoms with Crippen LogP contribution < -0.4 is 0 Å². The first kappa shape index (κ1) is 16.8. The van der Waals surface area contributed by atoms with Crippen LogP contribution in [0.15, 0.2) is 54.6 Å². The van der Waals surface area contributed by atoms with E-state index in [2.05, 4.69) is 50.2 Å². The number of benzene rings is 2. The van der Waals surface area contributed by atoms with E-state index in [1.807, 2.05) is 18.2 Å². The molecule has 3 rings (SSSR count). The van der Waals surface area contributed by atoms with Crippen molar-refractivity contribution < 1.29 is 9.82 Å². The van der Waals surface area contributed by atoms with Gasteiger partial charge in [0.2, 0.25) is 5.91 Å². The fourth-order valence-corrected chi connectivity index (χ4v) is 3.79. The maximum Gasteiger partial charge on any atom is 0.412 e. The molecule has 1 amide bonds. The Morgan fingerprint density at radius 1 is 1.04 bits per heavy atom. The summed E-state index contributed by atoms with van der Waals surface area (Å²) in [4.78, 5) is 13.8. The van der Waals surface area contributed by atoms with Gasteiger partial charge in [0.15, 0.2) is 0 Å². The Labute approximate surface area is 144 Å². The topological polar surface area (TPSA) is 40.5 Å². The molecular weight excluding hydrogens is 297 g/mol. The van der Waals surface area contributed by atoms with Crippen LogP contribution in [0.2, 0.25) is 6.82 Å². The molecule has 1 aliphatic heterocycles. The molecule has 1 heterocycles. The maximum atomic E-state index is 12.1. The average molecular weight is 321 g/mol. The van der Waals surface area contributed by atoms with Gasteiger partial charge in [-0.05, 0) is 29.9 Å². The average Bonchev–Trinajstić information content (AvgIpc) is 2.98. The predicted molar refractivity (Wildman–Crippen MR) is 98.6 cm³/mol. The Morgan fingerprint density at radius 2 is 1.62 bits per heavy atom. The van der Waals surface area contributed by atoms with Crippen LogP contribution in [0.4, 0.5) is 0 Å². The number of carbonyl (C=O) groups excluding carboxylic acids is 1. The van der Waals surface area contributed by atoms with Gasteiger partial charge < -0.3 is 9.83 Å². The molecule has 2 aromatic carbocycles. The standard InChI is InChI=1S/C20H24BNO2/c1-20(2,18-13-14-19(23)22(18)21(3)24)17-11-9-16(10-12-17)15-7-5-4-6-8-15/h4-12,18,24H,13-14H2,1-3H3. The van der Waals surface area contributed by atoms with Crippen molar-refractivity contribution in [2.45, 2.75) is 45.0 Å². The van der Waals surface area contributed by atoms with Crippen LogP contribution in [0, 0.1) is 0 Å². The van der Waals surface area contributed by atoms with E-state index in [9.17, 15) is 9.82 Å². The Balaban J connectivity index is 1.89. The number of nitrogens with zero attached hydrogens (tertiary/aromatic N) is 1. The van der Waals surface area contributed by atoms with Gasteiger partial charge in [-0.3, -0.25) is 4.79 Å². The van der Waals surface area contributed by atoms with Gasteiger partial charge in [0, 0.05) is 17.9 Å². The molecule has 0 radical (unpaired) electrons. The fourth-order valence-electron chi connectivity index (χ4n) is 3.79. The molecule has 1 atom stereocenters. The van der Waals surface area contributed by atoms with Crippen molar-refractivity contribution in [2.24, 2.45) is 0 Å². The van der Waals surface area contributed by atoms with E-state index in [1.54, 1.807) is 11.6 Å². The molecular formula is C20H24BNO2. The maximum absolute atomic E-state index is 12.1. The summed E-state index contributed by atoms with van der Waals surface area (Å²) in [6.45, 7) is 5.98. The number of carbonyl (C=O) groups is 1. The van der Waals surface area contributed by atoms with Crippen molar-refractivity contribution in [2.75, 3.05) is 0 Å². The second kappa shape index (κ2) is 6.44. The summed E-state index contributed by atoms with van der Waals surface area (Å²) in [6, 6.07) is 18.9. The zero-order valence-corrected chi connectivity index (χ0v) is 14.6. The summed E-state index contributed by atoms with van der Waals surface area (Å²) in [5, 5.41) is 10.0. The molecule has 1 aliphatic rings. The molecule has 2 aromatic rings. The summed E-state index contributed by atoms with van der Waals surface area (Å²) < 4.78 is 0. The van der Waals surface area contributed by atoms with Crippen LogP contribution in [0.5, 0.6) is 0 Å². The first-order valence-electron chi connectivity index (χ1n) is 8.56. The Bertz CT molecular complexity index is 710. The lowest BCUT2D eigenvalue weighted by Crippen LogP contribution is -2.51. The summed E-state index contributed by atoms with van der Waals surface area (Å²) >= 11 is 0. The summed E-state index contributed by atoms with van der Waals surface area (Å²) in [6.07, 6.45) is 1.30. The van der Waals surface area contributed by atoms with Crippen molar-refractivity contribution in [3.05, 3.63) is 60.2 Å². The largest absolute Gasteiger partial charge is 0.432 e. The van der Waals surface area contributed by atoms with Crippen LogP contribution >= 0.6 is 0 Å². The van der Waals surface area contributed by atoms with Gasteiger partial charge in [-0.15, -0.1) is 0 Å². The molecule has 3 nitrogen and oxygen atoms in total. The molecule has 0 aromatic heterocycles. The smallest absolute Gasteiger partial charge is 0.412 e. The molecule has 0 aliphatic carbocycles. The van der Waals surface area contributed by atoms with Gasteiger partial charge in [-0.25, -0.2) is 0 Å². The minimum atomic E-state index is -0.743. The monoisotopic (exact) mass is 321 g/mol. The second-order valence-corrected chi connectivity index (χ2v) is 7.15. The van der Waals surface area contributed by atoms with E-state index in [4.69, 9.17) is 0 Å². The SMILES string of the molecule is CB(O)N1C(=O)CCC1C(C)(C)c1ccc(-c2ccccc2)cc1. The molecule has 0 bridgehead atoms. The lowest BCUT2D eigenvalue weighted by Gasteiger charge is -2.39. The molecule has 1 unspecified atom stereocenters. The first-order valence-corrected chi connectivity index (χ1v) is 8.56. The van der Waals surface area contributed by atoms with E-state index < -0.39 is 7.05 Å². The summed E-state index contributed by atoms with van der Waals surface area (Å²) in [5.41, 5.74) is 3.36. The highest BCUT2D eigenvalue weighted by atomic mass is 16.2. The first-order chi connectivity index (χ1) is 11.4. The van der Waals surface area contributed by atoms with Gasteiger partial charge in [-0.2, -0.15) is 0 Å². The van der Waals surface area contributed by atoms with E-state index in [-0.39, 0.29) is 17.4 Å². The highest BCUT2D eigenvalue weighted by molar-refractivity contribution is 6.49. The lowest BCUT2D eigenvalue weighted by molar-refractivity contribution is -0.125. The van der Waals surface area contributed by atoms with E-state index >= 15 is 0 Å². The number of hydrogen-bond acceptors (Lipinski definition) is 2. The van der Waals surface area contributed by atoms with Crippen LogP contribution in [0.1, 0.15) is 32.3 Å². The minimum absolute atomic E-state index is 0.0209. The number of rotatable bonds is 4. The van der Waals surface area contributed by atoms with E-state index in [0.29, 0.717) is 6.42 Å². The van der Waals surface area contributed by atoms with Crippen molar-refractivity contribution in [3.8, 4) is 11.1 Å². The number of hydrogen-bond donors (Lipinski definition) is 1. The highest BCUT2D eigenvalue weighted by Gasteiger charge is 2.44. The van der Waals surface area contributed by atoms with Crippen molar-refractivity contribution in [3.63, 3.8) is 0 Å². The molecule has 0 saturated carbocycles. The zero-order valence-electron chi connectivity index (χ0n) is 14.6. The van der Waals surface area contributed by atoms with Gasteiger partial charge in [0.1, 0.15) is 0 Å². The van der Waals surface area contributed by atoms with Crippen LogP contribution in [0.3, 0.4) is 0 Å². The number of amides is 1. The molecule has 24 heavy (non-hydrogen) atoms. The molecule has 0 spiro atoms. The normalized spacial score (nSPS) is 18.1. The minimum Gasteiger partial charge on any atom is -0.432 e. The lowest BCUT2D eigenvalue weighted by atomic mass is 9.72. The second-order valence-electron chi connectivity index (χ2n) is 7.15. The van der Waals surface area contributed by atoms with Crippen molar-refractivity contribution in [1.29, 1.82) is 0 Å². The molecule has 1 saturated heterocycles. The molecule has 1 N–H and O–H groups in total. The Kier molecular flexibility index (Phi) is 4.50. The predicted octanol–water partition coefficient (Wildman–Crippen LogP) is 3.73. The Hall–Kier alpha value is -2.07. The van der Waals surface area contributed by atoms with Crippen LogP contribution in [-0.4, -0.2) is 28.8 Å². The van der Waals surface area contributed by atoms with Gasteiger partial charge in [-0.1, -0.05) is 68.4 Å². The third-order valence-corrected chi connectivity index (χ3v) is 5.23. The van der Waals surface area contributed by atoms with E-state index in [1.165, 1.54) is 16.7 Å². The quantitative estimate of drug-likeness (QED) is 0.872. The molecule has 1 fully saturated rings. The fraction of sp³-hybridized carbons (Fsp3) is 0.350. The van der Waals surface area contributed by atoms with Crippen molar-refractivity contribution >= 4 is 13.0 Å². The third-order valence-electron chi connectivity index (χ3n) is 5.23. The van der Waals surface area contributed by atoms with E-state index in [0.717, 1.165) is 6.42 Å². The van der Waals surface area contributed by atoms with Gasteiger partial charge >= 0.3 is 7.05 Å². The van der Waals surface area contributed by atoms with Gasteiger partial charge in [0.05, 0.1) is 0 Å². The third kappa shape index (κ3) is 2.98. The summed E-state index contributed by atoms with van der Waals surface area (Å²) in [5.74, 6) is 0.0454. The van der Waals surface area contributed by atoms with Crippen molar-refractivity contribution in [1.82, 2.24) is 4.81 Å². The summed E-state index contributed by atoms with van der Waals surface area (Å²) in [7, 11) is -0.743. The Morgan fingerprint density at radius 3 is 2.21 bits per heavy atom. The van der Waals surface area contributed by atoms with Gasteiger partial charge in [0.25, 0.3) is 0 Å². The van der Waals surface area contributed by atoms with Crippen LogP contribution in [-0.2, 0) is 10.2 Å². The zero-order chi connectivity index (χ0) is 17.3. The van der Waals surface area contributed by atoms with Crippen LogP contribution in [0.25, 0.3) is 11.1 Å².